The molecular formula is C13H8ClF3N2O2. The molecule has 2 rings (SSSR count). The Hall–Kier alpha value is -2.28. The summed E-state index contributed by atoms with van der Waals surface area (Å²) in [7, 11) is 0. The predicted octanol–water partition coefficient (Wildman–Crippen LogP) is 3.89. The molecule has 0 saturated carbocycles. The minimum atomic E-state index is -4.85. The average Bonchev–Trinajstić information content (AvgIpc) is 2.40. The molecule has 0 radical (unpaired) electrons. The van der Waals surface area contributed by atoms with Gasteiger partial charge in [-0.15, -0.1) is 13.2 Å². The number of amides is 1. The number of alkyl halides is 3. The fourth-order valence-corrected chi connectivity index (χ4v) is 1.71. The summed E-state index contributed by atoms with van der Waals surface area (Å²) in [5.41, 5.74) is -0.0827. The molecule has 1 heterocycles. The van der Waals surface area contributed by atoms with Gasteiger partial charge in [0.15, 0.2) is 5.75 Å². The number of hydrogen-bond donors (Lipinski definition) is 1. The van der Waals surface area contributed by atoms with Crippen molar-refractivity contribution < 1.29 is 22.7 Å². The van der Waals surface area contributed by atoms with E-state index in [1.807, 2.05) is 0 Å². The number of rotatable bonds is 3. The number of nitrogens with zero attached hydrogens (tertiary/aromatic N) is 1. The first-order chi connectivity index (χ1) is 9.87. The Bertz CT molecular complexity index is 662. The molecule has 1 N–H and O–H groups in total. The van der Waals surface area contributed by atoms with Crippen molar-refractivity contribution in [2.75, 3.05) is 5.32 Å². The molecule has 0 unspecified atom stereocenters. The lowest BCUT2D eigenvalue weighted by molar-refractivity contribution is -0.274. The quantitative estimate of drug-likeness (QED) is 0.934. The van der Waals surface area contributed by atoms with Crippen molar-refractivity contribution in [2.24, 2.45) is 0 Å². The van der Waals surface area contributed by atoms with Crippen LogP contribution in [0.15, 0.2) is 42.7 Å². The summed E-state index contributed by atoms with van der Waals surface area (Å²) in [6.07, 6.45) is -2.25. The summed E-state index contributed by atoms with van der Waals surface area (Å²) in [5.74, 6) is -1.20. The van der Waals surface area contributed by atoms with Crippen molar-refractivity contribution in [2.45, 2.75) is 6.36 Å². The van der Waals surface area contributed by atoms with Gasteiger partial charge in [-0.1, -0.05) is 23.7 Å². The van der Waals surface area contributed by atoms with Crippen LogP contribution < -0.4 is 10.1 Å². The maximum Gasteiger partial charge on any atom is 0.573 e. The lowest BCUT2D eigenvalue weighted by Crippen LogP contribution is -2.19. The summed E-state index contributed by atoms with van der Waals surface area (Å²) in [6, 6.07) is 6.59. The lowest BCUT2D eigenvalue weighted by Gasteiger charge is -2.14. The van der Waals surface area contributed by atoms with Crippen LogP contribution in [-0.4, -0.2) is 17.3 Å². The third-order valence-electron chi connectivity index (χ3n) is 2.37. The van der Waals surface area contributed by atoms with E-state index in [0.29, 0.717) is 0 Å². The van der Waals surface area contributed by atoms with Gasteiger partial charge in [-0.2, -0.15) is 0 Å². The molecule has 0 bridgehead atoms. The van der Waals surface area contributed by atoms with E-state index in [4.69, 9.17) is 11.6 Å². The standard InChI is InChI=1S/C13H8ClF3N2O2/c14-9-5-6-18-7-8(9)12(20)19-10-3-1-2-4-11(10)21-13(15,16)17/h1-7H,(H,19,20). The molecule has 0 aliphatic carbocycles. The Morgan fingerprint density at radius 1 is 1.24 bits per heavy atom. The molecule has 1 aromatic carbocycles. The van der Waals surface area contributed by atoms with Gasteiger partial charge >= 0.3 is 6.36 Å². The lowest BCUT2D eigenvalue weighted by atomic mass is 10.2. The van der Waals surface area contributed by atoms with Crippen molar-refractivity contribution in [1.29, 1.82) is 0 Å². The maximum atomic E-state index is 12.3. The molecule has 0 fully saturated rings. The first kappa shape index (κ1) is 15.1. The van der Waals surface area contributed by atoms with E-state index in [0.717, 1.165) is 6.07 Å². The summed E-state index contributed by atoms with van der Waals surface area (Å²) in [5, 5.41) is 2.44. The molecule has 110 valence electrons. The Labute approximate surface area is 122 Å². The monoisotopic (exact) mass is 316 g/mol. The Balaban J connectivity index is 2.24. The number of para-hydroxylation sites is 2. The summed E-state index contributed by atoms with van der Waals surface area (Å²) >= 11 is 5.82. The zero-order chi connectivity index (χ0) is 15.5. The van der Waals surface area contributed by atoms with Gasteiger partial charge in [0, 0.05) is 12.4 Å². The zero-order valence-corrected chi connectivity index (χ0v) is 11.1. The SMILES string of the molecule is O=C(Nc1ccccc1OC(F)(F)F)c1cnccc1Cl. The maximum absolute atomic E-state index is 12.3. The predicted molar refractivity (Wildman–Crippen MR) is 70.3 cm³/mol. The molecule has 2 aromatic rings. The molecule has 8 heteroatoms. The van der Waals surface area contributed by atoms with Gasteiger partial charge < -0.3 is 10.1 Å². The van der Waals surface area contributed by atoms with Gasteiger partial charge in [0.2, 0.25) is 0 Å². The number of benzene rings is 1. The fourth-order valence-electron chi connectivity index (χ4n) is 1.52. The third kappa shape index (κ3) is 4.09. The van der Waals surface area contributed by atoms with Crippen molar-refractivity contribution in [3.05, 3.63) is 53.3 Å². The molecule has 0 aliphatic heterocycles. The Morgan fingerprint density at radius 3 is 2.62 bits per heavy atom. The number of anilines is 1. The van der Waals surface area contributed by atoms with E-state index in [9.17, 15) is 18.0 Å². The van der Waals surface area contributed by atoms with E-state index < -0.39 is 18.0 Å². The molecule has 0 spiro atoms. The van der Waals surface area contributed by atoms with Crippen LogP contribution in [0.3, 0.4) is 0 Å². The summed E-state index contributed by atoms with van der Waals surface area (Å²) in [4.78, 5) is 15.7. The van der Waals surface area contributed by atoms with Crippen LogP contribution >= 0.6 is 11.6 Å². The van der Waals surface area contributed by atoms with Crippen molar-refractivity contribution in [1.82, 2.24) is 4.98 Å². The Kier molecular flexibility index (Phi) is 4.32. The van der Waals surface area contributed by atoms with E-state index >= 15 is 0 Å². The molecule has 21 heavy (non-hydrogen) atoms. The van der Waals surface area contributed by atoms with Crippen molar-refractivity contribution in [3.63, 3.8) is 0 Å². The van der Waals surface area contributed by atoms with Crippen LogP contribution in [0.1, 0.15) is 10.4 Å². The van der Waals surface area contributed by atoms with Gasteiger partial charge in [-0.05, 0) is 18.2 Å². The second-order valence-corrected chi connectivity index (χ2v) is 4.26. The van der Waals surface area contributed by atoms with Gasteiger partial charge in [0.05, 0.1) is 16.3 Å². The van der Waals surface area contributed by atoms with Crippen LogP contribution in [0.25, 0.3) is 0 Å². The first-order valence-electron chi connectivity index (χ1n) is 5.62. The van der Waals surface area contributed by atoms with Gasteiger partial charge in [0.1, 0.15) is 0 Å². The highest BCUT2D eigenvalue weighted by atomic mass is 35.5. The number of nitrogens with one attached hydrogen (secondary N) is 1. The highest BCUT2D eigenvalue weighted by Crippen LogP contribution is 2.30. The Morgan fingerprint density at radius 2 is 1.95 bits per heavy atom. The number of halogens is 4. The fraction of sp³-hybridized carbons (Fsp3) is 0.0769. The second kappa shape index (κ2) is 6.01. The van der Waals surface area contributed by atoms with E-state index in [1.54, 1.807) is 0 Å². The van der Waals surface area contributed by atoms with E-state index in [1.165, 1.54) is 36.7 Å². The summed E-state index contributed by atoms with van der Waals surface area (Å²) < 4.78 is 40.7. The number of pyridine rings is 1. The highest BCUT2D eigenvalue weighted by molar-refractivity contribution is 6.34. The number of ether oxygens (including phenoxy) is 1. The zero-order valence-electron chi connectivity index (χ0n) is 10.3. The minimum absolute atomic E-state index is 0.0426. The van der Waals surface area contributed by atoms with E-state index in [2.05, 4.69) is 15.0 Å². The second-order valence-electron chi connectivity index (χ2n) is 3.85. The highest BCUT2D eigenvalue weighted by Gasteiger charge is 2.32. The number of hydrogen-bond acceptors (Lipinski definition) is 3. The van der Waals surface area contributed by atoms with Gasteiger partial charge in [0.25, 0.3) is 5.91 Å². The van der Waals surface area contributed by atoms with Crippen molar-refractivity contribution >= 4 is 23.2 Å². The number of carbonyl (C=O) groups is 1. The van der Waals surface area contributed by atoms with Crippen LogP contribution in [0.5, 0.6) is 5.75 Å². The molecule has 1 aromatic heterocycles. The smallest absolute Gasteiger partial charge is 0.404 e. The van der Waals surface area contributed by atoms with Gasteiger partial charge in [-0.25, -0.2) is 0 Å². The number of aromatic nitrogens is 1. The molecule has 0 aliphatic rings. The van der Waals surface area contributed by atoms with Crippen molar-refractivity contribution in [3.8, 4) is 5.75 Å². The first-order valence-corrected chi connectivity index (χ1v) is 6.00. The molecule has 4 nitrogen and oxygen atoms in total. The van der Waals surface area contributed by atoms with Crippen LogP contribution in [0, 0.1) is 0 Å². The van der Waals surface area contributed by atoms with Crippen LogP contribution in [0.2, 0.25) is 5.02 Å². The van der Waals surface area contributed by atoms with Crippen LogP contribution in [0.4, 0.5) is 18.9 Å². The normalized spacial score (nSPS) is 11.0. The number of carbonyl (C=O) groups excluding carboxylic acids is 1. The summed E-state index contributed by atoms with van der Waals surface area (Å²) in [6.45, 7) is 0. The molecular weight excluding hydrogens is 309 g/mol. The molecule has 1 amide bonds. The third-order valence-corrected chi connectivity index (χ3v) is 2.70. The molecule has 0 atom stereocenters. The van der Waals surface area contributed by atoms with E-state index in [-0.39, 0.29) is 16.3 Å². The largest absolute Gasteiger partial charge is 0.573 e. The van der Waals surface area contributed by atoms with Gasteiger partial charge in [-0.3, -0.25) is 9.78 Å². The van der Waals surface area contributed by atoms with Crippen LogP contribution in [-0.2, 0) is 0 Å². The topological polar surface area (TPSA) is 51.2 Å². The minimum Gasteiger partial charge on any atom is -0.404 e. The average molecular weight is 317 g/mol. The molecule has 0 saturated heterocycles.